The van der Waals surface area contributed by atoms with Crippen molar-refractivity contribution in [3.63, 3.8) is 0 Å². The summed E-state index contributed by atoms with van der Waals surface area (Å²) in [5.74, 6) is 0.487. The highest BCUT2D eigenvalue weighted by molar-refractivity contribution is 6.10. The molecule has 1 aromatic carbocycles. The highest BCUT2D eigenvalue weighted by atomic mass is 16.1. The van der Waals surface area contributed by atoms with Crippen molar-refractivity contribution < 1.29 is 4.79 Å². The van der Waals surface area contributed by atoms with Gasteiger partial charge in [-0.1, -0.05) is 12.1 Å². The average Bonchev–Trinajstić information content (AvgIpc) is 3.50. The first-order valence-corrected chi connectivity index (χ1v) is 9.77. The molecule has 152 valence electrons. The molecule has 1 fully saturated rings. The Balaban J connectivity index is 1.57. The number of amides is 1. The third-order valence-electron chi connectivity index (χ3n) is 5.12. The molecule has 30 heavy (non-hydrogen) atoms. The maximum absolute atomic E-state index is 12.8. The Morgan fingerprint density at radius 3 is 2.83 bits per heavy atom. The molecule has 0 saturated heterocycles. The number of nitrogens with zero attached hydrogens (tertiary/aromatic N) is 4. The molecule has 3 N–H and O–H groups in total. The summed E-state index contributed by atoms with van der Waals surface area (Å²) in [5, 5.41) is 21.9. The molecule has 0 bridgehead atoms. The third-order valence-corrected chi connectivity index (χ3v) is 5.12. The smallest absolute Gasteiger partial charge is 0.274 e. The van der Waals surface area contributed by atoms with Crippen molar-refractivity contribution in [2.45, 2.75) is 25.8 Å². The summed E-state index contributed by atoms with van der Waals surface area (Å²) in [7, 11) is 1.80. The Bertz CT molecular complexity index is 1130. The van der Waals surface area contributed by atoms with Crippen LogP contribution in [0.15, 0.2) is 54.6 Å². The monoisotopic (exact) mass is 401 g/mol. The number of allylic oxidation sites excluding steroid dienone is 2. The first-order chi connectivity index (χ1) is 14.6. The molecule has 0 aliphatic heterocycles. The van der Waals surface area contributed by atoms with Crippen LogP contribution in [-0.2, 0) is 0 Å². The highest BCUT2D eigenvalue weighted by Gasteiger charge is 2.26. The minimum atomic E-state index is -0.316. The van der Waals surface area contributed by atoms with E-state index in [1.807, 2.05) is 31.2 Å². The number of aromatic nitrogens is 4. The summed E-state index contributed by atoms with van der Waals surface area (Å²) >= 11 is 0. The minimum Gasteiger partial charge on any atom is -0.391 e. The fourth-order valence-electron chi connectivity index (χ4n) is 3.27. The van der Waals surface area contributed by atoms with Crippen molar-refractivity contribution in [1.82, 2.24) is 25.1 Å². The van der Waals surface area contributed by atoms with E-state index >= 15 is 0 Å². The topological polar surface area (TPSA) is 109 Å². The lowest BCUT2D eigenvalue weighted by atomic mass is 10.1. The van der Waals surface area contributed by atoms with E-state index in [4.69, 9.17) is 5.41 Å². The van der Waals surface area contributed by atoms with Crippen LogP contribution in [0.2, 0.25) is 0 Å². The standard InChI is InChI=1S/C22H23N7O/c1-14(24-2)19(12-23)15-8-9-25-20(11-15)22(30)27-17-5-3-4-16(10-17)21-28-26-13-29(21)18-6-7-18/h3-5,8-13,18,23-24H,6-7H2,1-2H3,(H,27,30)/b19-14+,23-12?. The van der Waals surface area contributed by atoms with Crippen LogP contribution in [0.4, 0.5) is 5.69 Å². The number of hydrogen-bond acceptors (Lipinski definition) is 6. The molecule has 0 atom stereocenters. The van der Waals surface area contributed by atoms with Crippen LogP contribution in [0.5, 0.6) is 0 Å². The number of carbonyl (C=O) groups excluding carboxylic acids is 1. The van der Waals surface area contributed by atoms with Gasteiger partial charge >= 0.3 is 0 Å². The summed E-state index contributed by atoms with van der Waals surface area (Å²) < 4.78 is 2.08. The van der Waals surface area contributed by atoms with Crippen molar-refractivity contribution in [1.29, 1.82) is 5.41 Å². The Morgan fingerprint density at radius 2 is 2.10 bits per heavy atom. The van der Waals surface area contributed by atoms with Crippen LogP contribution in [0.25, 0.3) is 17.0 Å². The summed E-state index contributed by atoms with van der Waals surface area (Å²) in [6, 6.07) is 11.5. The maximum atomic E-state index is 12.8. The lowest BCUT2D eigenvalue weighted by Gasteiger charge is -2.10. The third kappa shape index (κ3) is 3.98. The molecule has 8 nitrogen and oxygen atoms in total. The number of nitrogens with one attached hydrogen (secondary N) is 3. The minimum absolute atomic E-state index is 0.280. The second kappa shape index (κ2) is 8.28. The van der Waals surface area contributed by atoms with Gasteiger partial charge in [-0.15, -0.1) is 10.2 Å². The van der Waals surface area contributed by atoms with Gasteiger partial charge in [0, 0.05) is 48.0 Å². The van der Waals surface area contributed by atoms with E-state index in [9.17, 15) is 4.79 Å². The molecule has 2 heterocycles. The molecule has 0 radical (unpaired) electrons. The van der Waals surface area contributed by atoms with Crippen molar-refractivity contribution in [3.05, 3.63) is 65.9 Å². The molecule has 2 aromatic heterocycles. The first-order valence-electron chi connectivity index (χ1n) is 9.77. The van der Waals surface area contributed by atoms with Gasteiger partial charge in [0.15, 0.2) is 5.82 Å². The van der Waals surface area contributed by atoms with Crippen LogP contribution < -0.4 is 10.6 Å². The molecule has 1 amide bonds. The quantitative estimate of drug-likeness (QED) is 0.525. The summed E-state index contributed by atoms with van der Waals surface area (Å²) in [6.45, 7) is 1.88. The van der Waals surface area contributed by atoms with Crippen molar-refractivity contribution in [2.24, 2.45) is 0 Å². The molecule has 8 heteroatoms. The Kier molecular flexibility index (Phi) is 5.38. The first kappa shape index (κ1) is 19.5. The number of pyridine rings is 1. The van der Waals surface area contributed by atoms with Crippen LogP contribution >= 0.6 is 0 Å². The molecule has 1 saturated carbocycles. The molecule has 0 unspecified atom stereocenters. The zero-order chi connectivity index (χ0) is 21.1. The van der Waals surface area contributed by atoms with Crippen LogP contribution in [0.3, 0.4) is 0 Å². The second-order valence-electron chi connectivity index (χ2n) is 7.19. The van der Waals surface area contributed by atoms with Gasteiger partial charge < -0.3 is 20.6 Å². The van der Waals surface area contributed by atoms with Crippen molar-refractivity contribution in [3.8, 4) is 11.4 Å². The maximum Gasteiger partial charge on any atom is 0.274 e. The van der Waals surface area contributed by atoms with Crippen LogP contribution in [0.1, 0.15) is 41.9 Å². The molecule has 1 aliphatic rings. The molecular formula is C22H23N7O. The summed E-state index contributed by atoms with van der Waals surface area (Å²) in [4.78, 5) is 17.0. The fraction of sp³-hybridized carbons (Fsp3) is 0.227. The van der Waals surface area contributed by atoms with Crippen LogP contribution in [-0.4, -0.2) is 38.9 Å². The Morgan fingerprint density at radius 1 is 1.27 bits per heavy atom. The van der Waals surface area contributed by atoms with E-state index < -0.39 is 0 Å². The number of carbonyl (C=O) groups is 1. The van der Waals surface area contributed by atoms with Gasteiger partial charge in [-0.25, -0.2) is 0 Å². The zero-order valence-electron chi connectivity index (χ0n) is 16.9. The molecule has 3 aromatic rings. The predicted molar refractivity (Wildman–Crippen MR) is 116 cm³/mol. The fourth-order valence-corrected chi connectivity index (χ4v) is 3.27. The number of hydrogen-bond donors (Lipinski definition) is 3. The molecule has 1 aliphatic carbocycles. The summed E-state index contributed by atoms with van der Waals surface area (Å²) in [5.41, 5.74) is 4.14. The van der Waals surface area contributed by atoms with E-state index in [0.717, 1.165) is 35.5 Å². The molecule has 4 rings (SSSR count). The predicted octanol–water partition coefficient (Wildman–Crippen LogP) is 3.53. The van der Waals surface area contributed by atoms with Gasteiger partial charge in [-0.3, -0.25) is 9.78 Å². The van der Waals surface area contributed by atoms with Gasteiger partial charge in [0.05, 0.1) is 0 Å². The van der Waals surface area contributed by atoms with Gasteiger partial charge in [-0.2, -0.15) is 0 Å². The lowest BCUT2D eigenvalue weighted by Crippen LogP contribution is -2.14. The second-order valence-corrected chi connectivity index (χ2v) is 7.19. The average molecular weight is 401 g/mol. The van der Waals surface area contributed by atoms with E-state index in [-0.39, 0.29) is 11.6 Å². The number of benzene rings is 1. The van der Waals surface area contributed by atoms with E-state index in [1.54, 1.807) is 31.7 Å². The lowest BCUT2D eigenvalue weighted by molar-refractivity contribution is 0.102. The highest BCUT2D eigenvalue weighted by Crippen LogP contribution is 2.37. The largest absolute Gasteiger partial charge is 0.391 e. The Hall–Kier alpha value is -3.81. The van der Waals surface area contributed by atoms with Gasteiger partial charge in [-0.05, 0) is 49.6 Å². The van der Waals surface area contributed by atoms with Crippen LogP contribution in [0, 0.1) is 5.41 Å². The van der Waals surface area contributed by atoms with Gasteiger partial charge in [0.25, 0.3) is 5.91 Å². The Labute approximate surface area is 174 Å². The number of rotatable bonds is 7. The summed E-state index contributed by atoms with van der Waals surface area (Å²) in [6.07, 6.45) is 6.88. The van der Waals surface area contributed by atoms with E-state index in [1.165, 1.54) is 6.21 Å². The molecular weight excluding hydrogens is 378 g/mol. The van der Waals surface area contributed by atoms with E-state index in [0.29, 0.717) is 17.3 Å². The zero-order valence-corrected chi connectivity index (χ0v) is 16.9. The van der Waals surface area contributed by atoms with Gasteiger partial charge in [0.1, 0.15) is 12.0 Å². The SMILES string of the molecule is CN/C(C)=C(\C=N)c1ccnc(C(=O)Nc2cccc(-c3nncn3C3CC3)c2)c1. The van der Waals surface area contributed by atoms with Crippen molar-refractivity contribution in [2.75, 3.05) is 12.4 Å². The van der Waals surface area contributed by atoms with Crippen molar-refractivity contribution >= 4 is 23.4 Å². The number of anilines is 1. The molecule has 0 spiro atoms. The van der Waals surface area contributed by atoms with Gasteiger partial charge in [0.2, 0.25) is 0 Å². The normalized spacial score (nSPS) is 14.1. The van der Waals surface area contributed by atoms with E-state index in [2.05, 4.69) is 30.4 Å².